The lowest BCUT2D eigenvalue weighted by Gasteiger charge is -2.10. The third kappa shape index (κ3) is 3.13. The van der Waals surface area contributed by atoms with Gasteiger partial charge in [-0.2, -0.15) is 0 Å². The van der Waals surface area contributed by atoms with E-state index in [0.29, 0.717) is 11.4 Å². The van der Waals surface area contributed by atoms with Crippen molar-refractivity contribution in [1.29, 1.82) is 0 Å². The molecule has 8 heteroatoms. The topological polar surface area (TPSA) is 76.9 Å². The fourth-order valence-corrected chi connectivity index (χ4v) is 3.44. The van der Waals surface area contributed by atoms with Crippen molar-refractivity contribution in [3.63, 3.8) is 0 Å². The Morgan fingerprint density at radius 2 is 1.92 bits per heavy atom. The summed E-state index contributed by atoms with van der Waals surface area (Å²) >= 11 is 0. The van der Waals surface area contributed by atoms with E-state index < -0.39 is 20.7 Å². The van der Waals surface area contributed by atoms with E-state index in [-0.39, 0.29) is 5.69 Å². The number of nitrogens with zero attached hydrogens (tertiary/aromatic N) is 3. The predicted molar refractivity (Wildman–Crippen MR) is 88.0 cm³/mol. The van der Waals surface area contributed by atoms with Crippen LogP contribution in [0.15, 0.2) is 53.8 Å². The maximum atomic E-state index is 13.8. The minimum atomic E-state index is -4.03. The molecular weight excluding hydrogens is 331 g/mol. The Bertz CT molecular complexity index is 982. The SMILES string of the molecule is Cc1ccc(F)c(S(=O)(=O)Nc2ccc(-n3ccnc3C)nc2)c1. The molecule has 0 fully saturated rings. The number of hydrogen-bond donors (Lipinski definition) is 1. The van der Waals surface area contributed by atoms with Crippen LogP contribution in [-0.2, 0) is 10.0 Å². The van der Waals surface area contributed by atoms with Gasteiger partial charge < -0.3 is 0 Å². The lowest BCUT2D eigenvalue weighted by atomic mass is 10.2. The summed E-state index contributed by atoms with van der Waals surface area (Å²) in [6, 6.07) is 7.14. The Morgan fingerprint density at radius 1 is 1.12 bits per heavy atom. The first-order valence-electron chi connectivity index (χ1n) is 7.12. The Morgan fingerprint density at radius 3 is 2.54 bits per heavy atom. The second-order valence-corrected chi connectivity index (χ2v) is 6.94. The molecule has 1 aromatic carbocycles. The van der Waals surface area contributed by atoms with Gasteiger partial charge in [-0.1, -0.05) is 6.07 Å². The Hall–Kier alpha value is -2.74. The third-order valence-corrected chi connectivity index (χ3v) is 4.85. The van der Waals surface area contributed by atoms with Crippen LogP contribution in [0.5, 0.6) is 0 Å². The highest BCUT2D eigenvalue weighted by molar-refractivity contribution is 7.92. The van der Waals surface area contributed by atoms with Gasteiger partial charge in [-0.3, -0.25) is 9.29 Å². The number of imidazole rings is 1. The van der Waals surface area contributed by atoms with Gasteiger partial charge in [-0.25, -0.2) is 22.8 Å². The lowest BCUT2D eigenvalue weighted by Crippen LogP contribution is -2.15. The molecule has 3 aromatic rings. The van der Waals surface area contributed by atoms with Crippen LogP contribution in [0.4, 0.5) is 10.1 Å². The molecule has 0 atom stereocenters. The van der Waals surface area contributed by atoms with E-state index in [1.54, 1.807) is 36.0 Å². The van der Waals surface area contributed by atoms with Crippen LogP contribution in [0.3, 0.4) is 0 Å². The number of aromatic nitrogens is 3. The van der Waals surface area contributed by atoms with Crippen LogP contribution in [-0.4, -0.2) is 23.0 Å². The van der Waals surface area contributed by atoms with Crippen molar-refractivity contribution in [2.75, 3.05) is 4.72 Å². The van der Waals surface area contributed by atoms with Crippen molar-refractivity contribution in [3.8, 4) is 5.82 Å². The molecule has 0 aliphatic rings. The molecule has 6 nitrogen and oxygen atoms in total. The Kier molecular flexibility index (Phi) is 4.06. The minimum Gasteiger partial charge on any atom is -0.288 e. The van der Waals surface area contributed by atoms with Gasteiger partial charge in [0.05, 0.1) is 11.9 Å². The molecular formula is C16H15FN4O2S. The molecule has 124 valence electrons. The summed E-state index contributed by atoms with van der Waals surface area (Å²) in [4.78, 5) is 7.91. The molecule has 3 rings (SSSR count). The quantitative estimate of drug-likeness (QED) is 0.788. The molecule has 24 heavy (non-hydrogen) atoms. The van der Waals surface area contributed by atoms with E-state index in [1.807, 2.05) is 6.92 Å². The highest BCUT2D eigenvalue weighted by atomic mass is 32.2. The second kappa shape index (κ2) is 6.04. The molecule has 0 saturated heterocycles. The van der Waals surface area contributed by atoms with E-state index in [4.69, 9.17) is 0 Å². The maximum Gasteiger partial charge on any atom is 0.264 e. The van der Waals surface area contributed by atoms with E-state index in [0.717, 1.165) is 11.9 Å². The van der Waals surface area contributed by atoms with Gasteiger partial charge in [0.2, 0.25) is 0 Å². The Balaban J connectivity index is 1.88. The van der Waals surface area contributed by atoms with Crippen LogP contribution < -0.4 is 4.72 Å². The van der Waals surface area contributed by atoms with Crippen LogP contribution >= 0.6 is 0 Å². The van der Waals surface area contributed by atoms with E-state index >= 15 is 0 Å². The summed E-state index contributed by atoms with van der Waals surface area (Å²) in [6.07, 6.45) is 4.78. The van der Waals surface area contributed by atoms with Gasteiger partial charge in [-0.15, -0.1) is 0 Å². The van der Waals surface area contributed by atoms with Gasteiger partial charge >= 0.3 is 0 Å². The molecule has 0 amide bonds. The van der Waals surface area contributed by atoms with Crippen LogP contribution in [0, 0.1) is 19.7 Å². The number of hydrogen-bond acceptors (Lipinski definition) is 4. The molecule has 0 saturated carbocycles. The summed E-state index contributed by atoms with van der Waals surface area (Å²) in [7, 11) is -4.03. The zero-order chi connectivity index (χ0) is 17.3. The number of nitrogens with one attached hydrogen (secondary N) is 1. The smallest absolute Gasteiger partial charge is 0.264 e. The first kappa shape index (κ1) is 16.1. The zero-order valence-electron chi connectivity index (χ0n) is 13.1. The number of sulfonamides is 1. The number of benzene rings is 1. The van der Waals surface area contributed by atoms with Gasteiger partial charge in [0.1, 0.15) is 22.4 Å². The van der Waals surface area contributed by atoms with E-state index in [9.17, 15) is 12.8 Å². The molecule has 0 aliphatic carbocycles. The van der Waals surface area contributed by atoms with Crippen molar-refractivity contribution in [1.82, 2.24) is 14.5 Å². The number of halogens is 1. The molecule has 0 spiro atoms. The summed E-state index contributed by atoms with van der Waals surface area (Å²) in [5.74, 6) is 0.569. The van der Waals surface area contributed by atoms with Gasteiger partial charge in [0.15, 0.2) is 0 Å². The first-order valence-corrected chi connectivity index (χ1v) is 8.60. The lowest BCUT2D eigenvalue weighted by molar-refractivity contribution is 0.570. The highest BCUT2D eigenvalue weighted by Crippen LogP contribution is 2.20. The largest absolute Gasteiger partial charge is 0.288 e. The average molecular weight is 346 g/mol. The maximum absolute atomic E-state index is 13.8. The number of rotatable bonds is 4. The fourth-order valence-electron chi connectivity index (χ4n) is 2.24. The van der Waals surface area contributed by atoms with Crippen LogP contribution in [0.1, 0.15) is 11.4 Å². The molecule has 2 heterocycles. The van der Waals surface area contributed by atoms with Crippen molar-refractivity contribution >= 4 is 15.7 Å². The predicted octanol–water partition coefficient (Wildman–Crippen LogP) is 2.82. The minimum absolute atomic E-state index is 0.248. The van der Waals surface area contributed by atoms with Crippen LogP contribution in [0.25, 0.3) is 5.82 Å². The third-order valence-electron chi connectivity index (χ3n) is 3.45. The van der Waals surface area contributed by atoms with Gasteiger partial charge in [0.25, 0.3) is 10.0 Å². The van der Waals surface area contributed by atoms with Gasteiger partial charge in [0, 0.05) is 12.4 Å². The number of aryl methyl sites for hydroxylation is 2. The molecule has 0 aliphatic heterocycles. The standard InChI is InChI=1S/C16H15FN4O2S/c1-11-3-5-14(17)15(9-11)24(22,23)20-13-4-6-16(19-10-13)21-8-7-18-12(21)2/h3-10,20H,1-2H3. The first-order chi connectivity index (χ1) is 11.4. The Labute approximate surface area is 139 Å². The van der Waals surface area contributed by atoms with Crippen molar-refractivity contribution in [3.05, 3.63) is 66.1 Å². The summed E-state index contributed by atoms with van der Waals surface area (Å²) in [5.41, 5.74) is 0.901. The van der Waals surface area contributed by atoms with Crippen molar-refractivity contribution < 1.29 is 12.8 Å². The average Bonchev–Trinajstić information content (AvgIpc) is 2.96. The van der Waals surface area contributed by atoms with E-state index in [1.165, 1.54) is 18.3 Å². The molecule has 2 aromatic heterocycles. The fraction of sp³-hybridized carbons (Fsp3) is 0.125. The molecule has 0 unspecified atom stereocenters. The summed E-state index contributed by atoms with van der Waals surface area (Å²) in [5, 5.41) is 0. The molecule has 0 bridgehead atoms. The van der Waals surface area contributed by atoms with Gasteiger partial charge in [-0.05, 0) is 43.7 Å². The number of anilines is 1. The summed E-state index contributed by atoms with van der Waals surface area (Å²) in [6.45, 7) is 3.53. The summed E-state index contributed by atoms with van der Waals surface area (Å²) < 4.78 is 42.6. The number of pyridine rings is 1. The molecule has 0 radical (unpaired) electrons. The highest BCUT2D eigenvalue weighted by Gasteiger charge is 2.19. The van der Waals surface area contributed by atoms with Crippen molar-refractivity contribution in [2.24, 2.45) is 0 Å². The molecule has 1 N–H and O–H groups in total. The van der Waals surface area contributed by atoms with Crippen LogP contribution in [0.2, 0.25) is 0 Å². The zero-order valence-corrected chi connectivity index (χ0v) is 13.9. The second-order valence-electron chi connectivity index (χ2n) is 5.29. The monoisotopic (exact) mass is 346 g/mol. The van der Waals surface area contributed by atoms with E-state index in [2.05, 4.69) is 14.7 Å². The van der Waals surface area contributed by atoms with Crippen molar-refractivity contribution in [2.45, 2.75) is 18.7 Å². The normalized spacial score (nSPS) is 11.5.